The Labute approximate surface area is 188 Å². The molecule has 4 heteroatoms. The predicted molar refractivity (Wildman–Crippen MR) is 130 cm³/mol. The molecule has 4 aromatic rings. The number of nitrogens with zero attached hydrogens (tertiary/aromatic N) is 2. The van der Waals surface area contributed by atoms with Crippen molar-refractivity contribution >= 4 is 23.1 Å². The Bertz CT molecular complexity index is 1200. The van der Waals surface area contributed by atoms with Gasteiger partial charge in [0.2, 0.25) is 0 Å². The van der Waals surface area contributed by atoms with Crippen LogP contribution in [0.3, 0.4) is 0 Å². The van der Waals surface area contributed by atoms with E-state index in [-0.39, 0.29) is 5.91 Å². The van der Waals surface area contributed by atoms with Crippen molar-refractivity contribution in [1.82, 2.24) is 0 Å². The molecule has 0 aliphatic rings. The summed E-state index contributed by atoms with van der Waals surface area (Å²) in [4.78, 5) is 20.3. The number of ether oxygens (including phenoxy) is 1. The molecule has 0 aliphatic carbocycles. The van der Waals surface area contributed by atoms with Gasteiger partial charge >= 0.3 is 0 Å². The monoisotopic (exact) mass is 420 g/mol. The van der Waals surface area contributed by atoms with E-state index in [1.54, 1.807) is 12.0 Å². The molecule has 1 amide bonds. The molecule has 4 aromatic carbocycles. The van der Waals surface area contributed by atoms with Gasteiger partial charge in [-0.2, -0.15) is 0 Å². The smallest absolute Gasteiger partial charge is 0.264 e. The highest BCUT2D eigenvalue weighted by Crippen LogP contribution is 2.25. The van der Waals surface area contributed by atoms with Crippen LogP contribution in [0.5, 0.6) is 5.75 Å². The minimum absolute atomic E-state index is 0.154. The summed E-state index contributed by atoms with van der Waals surface area (Å²) in [6, 6.07) is 34.3. The van der Waals surface area contributed by atoms with E-state index in [2.05, 4.69) is 0 Å². The van der Waals surface area contributed by atoms with E-state index in [0.29, 0.717) is 11.4 Å². The molecule has 0 radical (unpaired) electrons. The molecular formula is C28H24N2O2. The van der Waals surface area contributed by atoms with E-state index in [9.17, 15) is 4.79 Å². The van der Waals surface area contributed by atoms with E-state index in [1.165, 1.54) is 0 Å². The lowest BCUT2D eigenvalue weighted by atomic mass is 10.1. The molecule has 4 rings (SSSR count). The lowest BCUT2D eigenvalue weighted by molar-refractivity contribution is 0.100. The Balaban J connectivity index is 1.91. The fourth-order valence-corrected chi connectivity index (χ4v) is 3.35. The number of amides is 1. The molecule has 0 bridgehead atoms. The number of amidine groups is 1. The molecule has 32 heavy (non-hydrogen) atoms. The van der Waals surface area contributed by atoms with E-state index >= 15 is 0 Å². The lowest BCUT2D eigenvalue weighted by Crippen LogP contribution is -2.37. The van der Waals surface area contributed by atoms with Gasteiger partial charge in [-0.15, -0.1) is 0 Å². The highest BCUT2D eigenvalue weighted by atomic mass is 16.5. The number of aryl methyl sites for hydroxylation is 1. The molecule has 0 spiro atoms. The molecule has 4 nitrogen and oxygen atoms in total. The zero-order valence-corrected chi connectivity index (χ0v) is 18.1. The van der Waals surface area contributed by atoms with Crippen LogP contribution in [-0.2, 0) is 0 Å². The molecule has 0 N–H and O–H groups in total. The minimum atomic E-state index is -0.154. The zero-order chi connectivity index (χ0) is 22.3. The van der Waals surface area contributed by atoms with Crippen molar-refractivity contribution in [2.24, 2.45) is 4.99 Å². The number of carbonyl (C=O) groups excluding carboxylic acids is 1. The first kappa shape index (κ1) is 21.1. The van der Waals surface area contributed by atoms with Gasteiger partial charge in [0.05, 0.1) is 18.5 Å². The number of benzene rings is 4. The summed E-state index contributed by atoms with van der Waals surface area (Å²) >= 11 is 0. The van der Waals surface area contributed by atoms with Gasteiger partial charge < -0.3 is 4.74 Å². The molecule has 0 unspecified atom stereocenters. The van der Waals surface area contributed by atoms with Crippen LogP contribution in [0.15, 0.2) is 114 Å². The Morgan fingerprint density at radius 2 is 1.31 bits per heavy atom. The van der Waals surface area contributed by atoms with E-state index in [1.807, 2.05) is 116 Å². The van der Waals surface area contributed by atoms with Gasteiger partial charge in [0.25, 0.3) is 5.91 Å². The van der Waals surface area contributed by atoms with Gasteiger partial charge in [0.15, 0.2) is 0 Å². The first-order chi connectivity index (χ1) is 15.7. The largest absolute Gasteiger partial charge is 0.497 e. The van der Waals surface area contributed by atoms with Gasteiger partial charge in [0.1, 0.15) is 11.6 Å². The van der Waals surface area contributed by atoms with E-state index in [0.717, 1.165) is 28.3 Å². The second kappa shape index (κ2) is 9.75. The maximum atomic E-state index is 13.7. The highest BCUT2D eigenvalue weighted by molar-refractivity contribution is 6.28. The van der Waals surface area contributed by atoms with Crippen LogP contribution >= 0.6 is 0 Å². The van der Waals surface area contributed by atoms with Crippen molar-refractivity contribution in [2.45, 2.75) is 6.92 Å². The number of carbonyl (C=O) groups is 1. The maximum absolute atomic E-state index is 13.7. The Kier molecular flexibility index (Phi) is 6.42. The molecule has 0 fully saturated rings. The first-order valence-electron chi connectivity index (χ1n) is 10.4. The van der Waals surface area contributed by atoms with Crippen LogP contribution in [0.1, 0.15) is 21.5 Å². The lowest BCUT2D eigenvalue weighted by Gasteiger charge is -2.25. The van der Waals surface area contributed by atoms with Crippen LogP contribution in [0, 0.1) is 6.92 Å². The summed E-state index contributed by atoms with van der Waals surface area (Å²) in [5.74, 6) is 1.12. The number of hydrogen-bond donors (Lipinski definition) is 0. The molecule has 0 aliphatic heterocycles. The topological polar surface area (TPSA) is 41.9 Å². The maximum Gasteiger partial charge on any atom is 0.264 e. The third kappa shape index (κ3) is 4.76. The number of aliphatic imine (C=N–C) groups is 1. The van der Waals surface area contributed by atoms with Crippen molar-refractivity contribution < 1.29 is 9.53 Å². The van der Waals surface area contributed by atoms with Crippen LogP contribution in [0.4, 0.5) is 11.4 Å². The number of anilines is 1. The van der Waals surface area contributed by atoms with Gasteiger partial charge in [-0.05, 0) is 67.6 Å². The summed E-state index contributed by atoms with van der Waals surface area (Å²) in [5, 5.41) is 0. The summed E-state index contributed by atoms with van der Waals surface area (Å²) < 4.78 is 5.32. The SMILES string of the molecule is COc1ccc(C(=Nc2ccc(C)cc2)N(C(=O)c2ccccc2)c2ccccc2)cc1. The van der Waals surface area contributed by atoms with Gasteiger partial charge in [-0.25, -0.2) is 4.99 Å². The summed E-state index contributed by atoms with van der Waals surface area (Å²) in [6.07, 6.45) is 0. The van der Waals surface area contributed by atoms with Crippen molar-refractivity contribution in [3.63, 3.8) is 0 Å². The molecular weight excluding hydrogens is 396 g/mol. The third-order valence-electron chi connectivity index (χ3n) is 5.07. The Morgan fingerprint density at radius 1 is 0.719 bits per heavy atom. The van der Waals surface area contributed by atoms with Crippen LogP contribution in [-0.4, -0.2) is 18.9 Å². The van der Waals surface area contributed by atoms with Gasteiger partial charge in [-0.3, -0.25) is 9.69 Å². The quantitative estimate of drug-likeness (QED) is 0.276. The predicted octanol–water partition coefficient (Wildman–Crippen LogP) is 6.43. The van der Waals surface area contributed by atoms with Crippen molar-refractivity contribution in [2.75, 3.05) is 12.0 Å². The molecule has 158 valence electrons. The summed E-state index contributed by atoms with van der Waals surface area (Å²) in [5.41, 5.74) is 4.04. The van der Waals surface area contributed by atoms with Gasteiger partial charge in [0, 0.05) is 11.1 Å². The summed E-state index contributed by atoms with van der Waals surface area (Å²) in [6.45, 7) is 2.03. The average molecular weight is 421 g/mol. The fraction of sp³-hybridized carbons (Fsp3) is 0.0714. The number of methoxy groups -OCH3 is 1. The van der Waals surface area contributed by atoms with Crippen LogP contribution in [0.2, 0.25) is 0 Å². The minimum Gasteiger partial charge on any atom is -0.497 e. The standard InChI is InChI=1S/C28H24N2O2/c1-21-13-17-24(18-14-21)29-27(22-15-19-26(32-2)20-16-22)30(25-11-7-4-8-12-25)28(31)23-9-5-3-6-10-23/h3-20H,1-2H3. The molecule has 0 heterocycles. The van der Waals surface area contributed by atoms with E-state index in [4.69, 9.17) is 9.73 Å². The fourth-order valence-electron chi connectivity index (χ4n) is 3.35. The van der Waals surface area contributed by atoms with Gasteiger partial charge in [-0.1, -0.05) is 54.1 Å². The van der Waals surface area contributed by atoms with Crippen molar-refractivity contribution in [1.29, 1.82) is 0 Å². The third-order valence-corrected chi connectivity index (χ3v) is 5.07. The second-order valence-electron chi connectivity index (χ2n) is 7.34. The molecule has 0 saturated heterocycles. The van der Waals surface area contributed by atoms with Crippen LogP contribution in [0.25, 0.3) is 0 Å². The molecule has 0 atom stereocenters. The normalized spacial score (nSPS) is 11.1. The van der Waals surface area contributed by atoms with E-state index < -0.39 is 0 Å². The van der Waals surface area contributed by atoms with Crippen molar-refractivity contribution in [3.05, 3.63) is 126 Å². The first-order valence-corrected chi connectivity index (χ1v) is 10.4. The van der Waals surface area contributed by atoms with Crippen molar-refractivity contribution in [3.8, 4) is 5.75 Å². The zero-order valence-electron chi connectivity index (χ0n) is 18.1. The Morgan fingerprint density at radius 3 is 1.91 bits per heavy atom. The molecule has 0 aromatic heterocycles. The number of hydrogen-bond acceptors (Lipinski definition) is 3. The second-order valence-corrected chi connectivity index (χ2v) is 7.34. The molecule has 0 saturated carbocycles. The Hall–Kier alpha value is -4.18. The highest BCUT2D eigenvalue weighted by Gasteiger charge is 2.24. The summed E-state index contributed by atoms with van der Waals surface area (Å²) in [7, 11) is 1.63. The average Bonchev–Trinajstić information content (AvgIpc) is 2.86. The van der Waals surface area contributed by atoms with Crippen LogP contribution < -0.4 is 9.64 Å². The number of para-hydroxylation sites is 1. The number of rotatable bonds is 5.